The highest BCUT2D eigenvalue weighted by Gasteiger charge is 2.55. The van der Waals surface area contributed by atoms with Crippen LogP contribution in [0.3, 0.4) is 0 Å². The van der Waals surface area contributed by atoms with Crippen LogP contribution in [0.2, 0.25) is 0 Å². The summed E-state index contributed by atoms with van der Waals surface area (Å²) in [5.74, 6) is -2.56. The van der Waals surface area contributed by atoms with Crippen molar-refractivity contribution in [2.45, 2.75) is 37.6 Å². The van der Waals surface area contributed by atoms with Gasteiger partial charge in [0.2, 0.25) is 0 Å². The predicted octanol–water partition coefficient (Wildman–Crippen LogP) is 0.679. The van der Waals surface area contributed by atoms with Crippen molar-refractivity contribution < 1.29 is 19.8 Å². The third-order valence-electron chi connectivity index (χ3n) is 4.31. The number of fused-ring (bicyclic) bond motifs is 2. The number of hydrogen-bond donors (Lipinski definition) is 3. The van der Waals surface area contributed by atoms with Crippen LogP contribution in [0.5, 0.6) is 0 Å². The molecule has 2 unspecified atom stereocenters. The van der Waals surface area contributed by atoms with E-state index in [0.29, 0.717) is 12.8 Å². The van der Waals surface area contributed by atoms with Crippen LogP contribution in [0, 0.1) is 17.8 Å². The topological polar surface area (TPSA) is 101 Å². The normalized spacial score (nSPS) is 42.7. The van der Waals surface area contributed by atoms with Crippen molar-refractivity contribution in [3.05, 3.63) is 0 Å². The second-order valence-corrected chi connectivity index (χ2v) is 5.07. The summed E-state index contributed by atoms with van der Waals surface area (Å²) >= 11 is 0. The molecular formula is C11H17NO4. The quantitative estimate of drug-likeness (QED) is 0.644. The molecule has 2 fully saturated rings. The Morgan fingerprint density at radius 3 is 2.00 bits per heavy atom. The summed E-state index contributed by atoms with van der Waals surface area (Å²) in [6.45, 7) is 0. The predicted molar refractivity (Wildman–Crippen MR) is 55.7 cm³/mol. The van der Waals surface area contributed by atoms with Crippen LogP contribution in [-0.2, 0) is 9.59 Å². The van der Waals surface area contributed by atoms with Gasteiger partial charge in [-0.25, -0.2) is 0 Å². The standard InChI is InChI=1S/C11H17NO4/c12-11(10(15)16)7-2-1-3-8(11)5-6(4-7)9(13)14/h6-8H,1-5,12H2,(H,13,14)(H,15,16). The molecule has 0 amide bonds. The summed E-state index contributed by atoms with van der Waals surface area (Å²) in [6, 6.07) is 0. The van der Waals surface area contributed by atoms with E-state index in [1.807, 2.05) is 0 Å². The molecule has 2 atom stereocenters. The largest absolute Gasteiger partial charge is 0.481 e. The summed E-state index contributed by atoms with van der Waals surface area (Å²) in [7, 11) is 0. The Labute approximate surface area is 93.6 Å². The number of carboxylic acids is 2. The van der Waals surface area contributed by atoms with Crippen molar-refractivity contribution >= 4 is 11.9 Å². The Bertz CT molecular complexity index is 314. The minimum atomic E-state index is -1.19. The Balaban J connectivity index is 2.26. The summed E-state index contributed by atoms with van der Waals surface area (Å²) in [4.78, 5) is 22.3. The number of aliphatic carboxylic acids is 2. The lowest BCUT2D eigenvalue weighted by atomic mass is 9.57. The van der Waals surface area contributed by atoms with Crippen LogP contribution >= 0.6 is 0 Å². The van der Waals surface area contributed by atoms with Gasteiger partial charge in [-0.05, 0) is 37.5 Å². The lowest BCUT2D eigenvalue weighted by molar-refractivity contribution is -0.159. The number of hydrogen-bond acceptors (Lipinski definition) is 3. The van der Waals surface area contributed by atoms with E-state index in [1.165, 1.54) is 0 Å². The fourth-order valence-electron chi connectivity index (χ4n) is 3.38. The Morgan fingerprint density at radius 1 is 1.12 bits per heavy atom. The third kappa shape index (κ3) is 1.50. The monoisotopic (exact) mass is 227 g/mol. The molecule has 2 bridgehead atoms. The highest BCUT2D eigenvalue weighted by Crippen LogP contribution is 2.48. The van der Waals surface area contributed by atoms with Gasteiger partial charge in [-0.15, -0.1) is 0 Å². The fourth-order valence-corrected chi connectivity index (χ4v) is 3.38. The summed E-state index contributed by atoms with van der Waals surface area (Å²) < 4.78 is 0. The van der Waals surface area contributed by atoms with Gasteiger partial charge >= 0.3 is 11.9 Å². The van der Waals surface area contributed by atoms with Crippen LogP contribution in [0.15, 0.2) is 0 Å². The molecule has 5 heteroatoms. The molecule has 5 nitrogen and oxygen atoms in total. The summed E-state index contributed by atoms with van der Waals surface area (Å²) in [6.07, 6.45) is 3.27. The third-order valence-corrected chi connectivity index (χ3v) is 4.31. The van der Waals surface area contributed by atoms with Gasteiger partial charge in [-0.3, -0.25) is 9.59 Å². The minimum Gasteiger partial charge on any atom is -0.481 e. The van der Waals surface area contributed by atoms with Crippen molar-refractivity contribution in [2.24, 2.45) is 23.5 Å². The van der Waals surface area contributed by atoms with E-state index in [1.54, 1.807) is 0 Å². The molecule has 0 spiro atoms. The maximum atomic E-state index is 11.3. The second kappa shape index (κ2) is 3.73. The summed E-state index contributed by atoms with van der Waals surface area (Å²) in [5, 5.41) is 18.3. The van der Waals surface area contributed by atoms with Gasteiger partial charge in [-0.1, -0.05) is 6.42 Å². The maximum Gasteiger partial charge on any atom is 0.324 e. The Morgan fingerprint density at radius 2 is 1.62 bits per heavy atom. The molecular weight excluding hydrogens is 210 g/mol. The number of nitrogens with two attached hydrogens (primary N) is 1. The van der Waals surface area contributed by atoms with Crippen molar-refractivity contribution in [2.75, 3.05) is 0 Å². The summed E-state index contributed by atoms with van der Waals surface area (Å²) in [5.41, 5.74) is 4.83. The molecule has 0 saturated heterocycles. The van der Waals surface area contributed by atoms with Crippen molar-refractivity contribution in [1.82, 2.24) is 0 Å². The molecule has 0 aromatic carbocycles. The molecule has 0 aromatic heterocycles. The highest BCUT2D eigenvalue weighted by molar-refractivity contribution is 5.81. The lowest BCUT2D eigenvalue weighted by Gasteiger charge is -2.49. The van der Waals surface area contributed by atoms with Crippen molar-refractivity contribution in [3.8, 4) is 0 Å². The Hall–Kier alpha value is -1.10. The van der Waals surface area contributed by atoms with Gasteiger partial charge in [0, 0.05) is 0 Å². The Kier molecular flexibility index (Phi) is 2.66. The molecule has 0 aromatic rings. The van der Waals surface area contributed by atoms with Gasteiger partial charge in [0.1, 0.15) is 5.54 Å². The average Bonchev–Trinajstić information content (AvgIpc) is 2.15. The van der Waals surface area contributed by atoms with E-state index >= 15 is 0 Å². The van der Waals surface area contributed by atoms with Gasteiger partial charge in [0.05, 0.1) is 5.92 Å². The zero-order valence-electron chi connectivity index (χ0n) is 9.06. The first-order chi connectivity index (χ1) is 7.46. The van der Waals surface area contributed by atoms with E-state index in [4.69, 9.17) is 10.8 Å². The van der Waals surface area contributed by atoms with Gasteiger partial charge in [-0.2, -0.15) is 0 Å². The molecule has 16 heavy (non-hydrogen) atoms. The molecule has 2 rings (SSSR count). The number of carbonyl (C=O) groups is 2. The molecule has 2 saturated carbocycles. The average molecular weight is 227 g/mol. The first kappa shape index (κ1) is 11.4. The molecule has 90 valence electrons. The number of rotatable bonds is 2. The molecule has 0 heterocycles. The SMILES string of the molecule is NC1(C(=O)O)C2CCCC1CC(C(=O)O)C2. The van der Waals surface area contributed by atoms with Crippen LogP contribution < -0.4 is 5.73 Å². The molecule has 2 aliphatic carbocycles. The smallest absolute Gasteiger partial charge is 0.324 e. The first-order valence-electron chi connectivity index (χ1n) is 5.71. The van der Waals surface area contributed by atoms with E-state index < -0.39 is 23.4 Å². The molecule has 4 N–H and O–H groups in total. The van der Waals surface area contributed by atoms with Crippen LogP contribution in [0.25, 0.3) is 0 Å². The number of carboxylic acid groups (broad SMARTS) is 2. The van der Waals surface area contributed by atoms with Gasteiger partial charge in [0.25, 0.3) is 0 Å². The van der Waals surface area contributed by atoms with Gasteiger partial charge in [0.15, 0.2) is 0 Å². The highest BCUT2D eigenvalue weighted by atomic mass is 16.4. The van der Waals surface area contributed by atoms with Gasteiger partial charge < -0.3 is 15.9 Å². The molecule has 0 radical (unpaired) electrons. The molecule has 0 aliphatic heterocycles. The fraction of sp³-hybridized carbons (Fsp3) is 0.818. The first-order valence-corrected chi connectivity index (χ1v) is 5.71. The van der Waals surface area contributed by atoms with Crippen LogP contribution in [-0.4, -0.2) is 27.7 Å². The second-order valence-electron chi connectivity index (χ2n) is 5.07. The zero-order chi connectivity index (χ0) is 11.9. The van der Waals surface area contributed by atoms with Crippen LogP contribution in [0.1, 0.15) is 32.1 Å². The van der Waals surface area contributed by atoms with Crippen molar-refractivity contribution in [3.63, 3.8) is 0 Å². The van der Waals surface area contributed by atoms with Crippen LogP contribution in [0.4, 0.5) is 0 Å². The van der Waals surface area contributed by atoms with E-state index in [-0.39, 0.29) is 11.8 Å². The van der Waals surface area contributed by atoms with Crippen molar-refractivity contribution in [1.29, 1.82) is 0 Å². The maximum absolute atomic E-state index is 11.3. The van der Waals surface area contributed by atoms with E-state index in [9.17, 15) is 14.7 Å². The van der Waals surface area contributed by atoms with E-state index in [0.717, 1.165) is 19.3 Å². The zero-order valence-corrected chi connectivity index (χ0v) is 9.06. The lowest BCUT2D eigenvalue weighted by Crippen LogP contribution is -2.64. The minimum absolute atomic E-state index is 0.182. The molecule has 2 aliphatic rings. The van der Waals surface area contributed by atoms with E-state index in [2.05, 4.69) is 0 Å².